The third-order valence-electron chi connectivity index (χ3n) is 2.64. The number of amides is 2. The molecular weight excluding hydrogens is 246 g/mol. The number of rotatable bonds is 3. The molecule has 1 heterocycles. The number of urea groups is 1. The van der Waals surface area contributed by atoms with Crippen molar-refractivity contribution in [3.05, 3.63) is 36.7 Å². The Kier molecular flexibility index (Phi) is 3.61. The lowest BCUT2D eigenvalue weighted by Crippen LogP contribution is -2.35. The highest BCUT2D eigenvalue weighted by molar-refractivity contribution is 6.01. The smallest absolute Gasteiger partial charge is 0.323 e. The largest absolute Gasteiger partial charge is 0.480 e. The van der Waals surface area contributed by atoms with Crippen molar-refractivity contribution in [1.82, 2.24) is 9.88 Å². The van der Waals surface area contributed by atoms with E-state index < -0.39 is 12.0 Å². The molecule has 2 N–H and O–H groups in total. The molecule has 0 bridgehead atoms. The number of fused-ring (bicyclic) bond motifs is 1. The molecule has 0 saturated heterocycles. The maximum Gasteiger partial charge on any atom is 0.323 e. The van der Waals surface area contributed by atoms with Crippen molar-refractivity contribution < 1.29 is 14.7 Å². The lowest BCUT2D eigenvalue weighted by molar-refractivity contribution is -0.137. The van der Waals surface area contributed by atoms with Crippen LogP contribution < -0.4 is 5.32 Å². The van der Waals surface area contributed by atoms with Crippen LogP contribution in [0.2, 0.25) is 0 Å². The molecule has 6 heteroatoms. The summed E-state index contributed by atoms with van der Waals surface area (Å²) < 4.78 is 0. The van der Waals surface area contributed by atoms with Gasteiger partial charge in [-0.05, 0) is 17.5 Å². The van der Waals surface area contributed by atoms with Crippen LogP contribution >= 0.6 is 0 Å². The Hall–Kier alpha value is -2.63. The maximum atomic E-state index is 11.8. The number of carboxylic acid groups (broad SMARTS) is 1. The summed E-state index contributed by atoms with van der Waals surface area (Å²) in [5.41, 5.74) is 0.604. The van der Waals surface area contributed by atoms with Crippen molar-refractivity contribution in [3.8, 4) is 0 Å². The maximum absolute atomic E-state index is 11.8. The molecule has 2 amide bonds. The van der Waals surface area contributed by atoms with E-state index in [1.807, 2.05) is 18.2 Å². The number of likely N-dealkylation sites (N-methyl/N-ethyl adjacent to an activating group) is 1. The summed E-state index contributed by atoms with van der Waals surface area (Å²) in [6.07, 6.45) is 3.33. The number of nitrogens with one attached hydrogen (secondary N) is 1. The minimum atomic E-state index is -1.06. The van der Waals surface area contributed by atoms with Gasteiger partial charge in [0.2, 0.25) is 0 Å². The van der Waals surface area contributed by atoms with Gasteiger partial charge in [-0.15, -0.1) is 0 Å². The average molecular weight is 259 g/mol. The van der Waals surface area contributed by atoms with E-state index in [-0.39, 0.29) is 6.54 Å². The van der Waals surface area contributed by atoms with E-state index in [9.17, 15) is 9.59 Å². The summed E-state index contributed by atoms with van der Waals surface area (Å²) in [5, 5.41) is 13.1. The second kappa shape index (κ2) is 5.34. The number of carbonyl (C=O) groups is 2. The van der Waals surface area contributed by atoms with Crippen LogP contribution in [-0.2, 0) is 4.79 Å². The summed E-state index contributed by atoms with van der Waals surface area (Å²) in [6, 6.07) is 6.84. The van der Waals surface area contributed by atoms with E-state index in [1.165, 1.54) is 7.05 Å². The molecule has 0 aliphatic rings. The van der Waals surface area contributed by atoms with Crippen molar-refractivity contribution in [2.24, 2.45) is 0 Å². The Morgan fingerprint density at radius 3 is 2.89 bits per heavy atom. The molecule has 2 rings (SSSR count). The number of aromatic nitrogens is 1. The van der Waals surface area contributed by atoms with E-state index in [2.05, 4.69) is 10.3 Å². The normalized spacial score (nSPS) is 10.2. The summed E-state index contributed by atoms with van der Waals surface area (Å²) >= 11 is 0. The zero-order valence-electron chi connectivity index (χ0n) is 10.3. The first-order chi connectivity index (χ1) is 9.08. The second-order valence-corrected chi connectivity index (χ2v) is 4.08. The first kappa shape index (κ1) is 12.8. The number of benzene rings is 1. The molecule has 0 atom stereocenters. The van der Waals surface area contributed by atoms with E-state index in [4.69, 9.17) is 5.11 Å². The standard InChI is InChI=1S/C13H13N3O3/c1-16(8-12(17)18)13(19)15-11-4-2-3-9-5-6-14-7-10(9)11/h2-7H,8H2,1H3,(H,15,19)(H,17,18). The molecule has 0 aliphatic heterocycles. The number of pyridine rings is 1. The van der Waals surface area contributed by atoms with Gasteiger partial charge in [0.15, 0.2) is 0 Å². The third kappa shape index (κ3) is 2.98. The van der Waals surface area contributed by atoms with E-state index in [0.717, 1.165) is 15.7 Å². The molecule has 0 spiro atoms. The lowest BCUT2D eigenvalue weighted by Gasteiger charge is -2.16. The molecule has 98 valence electrons. The van der Waals surface area contributed by atoms with Crippen LogP contribution in [0.15, 0.2) is 36.7 Å². The molecular formula is C13H13N3O3. The average Bonchev–Trinajstić information content (AvgIpc) is 2.38. The van der Waals surface area contributed by atoms with Crippen molar-refractivity contribution >= 4 is 28.5 Å². The number of nitrogens with zero attached hydrogens (tertiary/aromatic N) is 2. The quantitative estimate of drug-likeness (QED) is 0.880. The summed E-state index contributed by atoms with van der Waals surface area (Å²) in [5.74, 6) is -1.06. The molecule has 6 nitrogen and oxygen atoms in total. The van der Waals surface area contributed by atoms with Crippen LogP contribution in [0.4, 0.5) is 10.5 Å². The first-order valence-electron chi connectivity index (χ1n) is 5.64. The number of hydrogen-bond acceptors (Lipinski definition) is 3. The molecule has 0 unspecified atom stereocenters. The van der Waals surface area contributed by atoms with Crippen LogP contribution in [0.3, 0.4) is 0 Å². The number of carbonyl (C=O) groups excluding carboxylic acids is 1. The third-order valence-corrected chi connectivity index (χ3v) is 2.64. The van der Waals surface area contributed by atoms with Gasteiger partial charge in [0.25, 0.3) is 0 Å². The van der Waals surface area contributed by atoms with E-state index in [0.29, 0.717) is 5.69 Å². The van der Waals surface area contributed by atoms with Gasteiger partial charge in [0.05, 0.1) is 5.69 Å². The Morgan fingerprint density at radius 2 is 2.16 bits per heavy atom. The summed E-state index contributed by atoms with van der Waals surface area (Å²) in [7, 11) is 1.42. The highest BCUT2D eigenvalue weighted by Crippen LogP contribution is 2.22. The number of anilines is 1. The second-order valence-electron chi connectivity index (χ2n) is 4.08. The molecule has 0 aliphatic carbocycles. The highest BCUT2D eigenvalue weighted by Gasteiger charge is 2.13. The first-order valence-corrected chi connectivity index (χ1v) is 5.64. The van der Waals surface area contributed by atoms with Crippen molar-refractivity contribution in [2.75, 3.05) is 18.9 Å². The van der Waals surface area contributed by atoms with Crippen LogP contribution in [0.5, 0.6) is 0 Å². The van der Waals surface area contributed by atoms with E-state index >= 15 is 0 Å². The number of hydrogen-bond donors (Lipinski definition) is 2. The molecule has 2 aromatic rings. The summed E-state index contributed by atoms with van der Waals surface area (Å²) in [6.45, 7) is -0.352. The fraction of sp³-hybridized carbons (Fsp3) is 0.154. The van der Waals surface area contributed by atoms with Gasteiger partial charge in [0, 0.05) is 24.8 Å². The van der Waals surface area contributed by atoms with Gasteiger partial charge in [-0.3, -0.25) is 9.78 Å². The minimum absolute atomic E-state index is 0.352. The van der Waals surface area contributed by atoms with Crippen molar-refractivity contribution in [3.63, 3.8) is 0 Å². The predicted molar refractivity (Wildman–Crippen MR) is 71.0 cm³/mol. The van der Waals surface area contributed by atoms with Crippen molar-refractivity contribution in [2.45, 2.75) is 0 Å². The Bertz CT molecular complexity index is 622. The van der Waals surface area contributed by atoms with Crippen LogP contribution in [0.1, 0.15) is 0 Å². The van der Waals surface area contributed by atoms with Crippen LogP contribution in [0, 0.1) is 0 Å². The van der Waals surface area contributed by atoms with Gasteiger partial charge in [-0.1, -0.05) is 12.1 Å². The van der Waals surface area contributed by atoms with Gasteiger partial charge >= 0.3 is 12.0 Å². The molecule has 0 fully saturated rings. The molecule has 1 aromatic carbocycles. The van der Waals surface area contributed by atoms with Crippen LogP contribution in [-0.4, -0.2) is 40.6 Å². The predicted octanol–water partition coefficient (Wildman–Crippen LogP) is 1.78. The lowest BCUT2D eigenvalue weighted by atomic mass is 10.1. The molecule has 1 aromatic heterocycles. The fourth-order valence-corrected chi connectivity index (χ4v) is 1.71. The molecule has 0 radical (unpaired) electrons. The summed E-state index contributed by atoms with van der Waals surface area (Å²) in [4.78, 5) is 27.5. The topological polar surface area (TPSA) is 82.5 Å². The SMILES string of the molecule is CN(CC(=O)O)C(=O)Nc1cccc2ccncc12. The molecule has 0 saturated carbocycles. The van der Waals surface area contributed by atoms with Gasteiger partial charge in [0.1, 0.15) is 6.54 Å². The zero-order valence-corrected chi connectivity index (χ0v) is 10.3. The highest BCUT2D eigenvalue weighted by atomic mass is 16.4. The monoisotopic (exact) mass is 259 g/mol. The molecule has 19 heavy (non-hydrogen) atoms. The van der Waals surface area contributed by atoms with Crippen LogP contribution in [0.25, 0.3) is 10.8 Å². The van der Waals surface area contributed by atoms with Crippen molar-refractivity contribution in [1.29, 1.82) is 0 Å². The number of carboxylic acids is 1. The van der Waals surface area contributed by atoms with Gasteiger partial charge in [-0.2, -0.15) is 0 Å². The Morgan fingerprint density at radius 1 is 1.37 bits per heavy atom. The van der Waals surface area contributed by atoms with Gasteiger partial charge < -0.3 is 15.3 Å². The Balaban J connectivity index is 2.22. The minimum Gasteiger partial charge on any atom is -0.480 e. The number of aliphatic carboxylic acids is 1. The zero-order chi connectivity index (χ0) is 13.8. The van der Waals surface area contributed by atoms with E-state index in [1.54, 1.807) is 18.5 Å². The Labute approximate surface area is 109 Å². The fourth-order valence-electron chi connectivity index (χ4n) is 1.71. The van der Waals surface area contributed by atoms with Gasteiger partial charge in [-0.25, -0.2) is 4.79 Å².